The summed E-state index contributed by atoms with van der Waals surface area (Å²) in [7, 11) is 1.37. The molecule has 2 aromatic carbocycles. The first-order valence-electron chi connectivity index (χ1n) is 9.54. The lowest BCUT2D eigenvalue weighted by Crippen LogP contribution is -2.28. The van der Waals surface area contributed by atoms with Gasteiger partial charge < -0.3 is 14.9 Å². The summed E-state index contributed by atoms with van der Waals surface area (Å²) in [6.45, 7) is 2.71. The molecule has 0 spiro atoms. The topological polar surface area (TPSA) is 70.0 Å². The third-order valence-electron chi connectivity index (χ3n) is 5.53. The van der Waals surface area contributed by atoms with Crippen molar-refractivity contribution in [3.63, 3.8) is 0 Å². The molecular formula is C22H26FNO4. The van der Waals surface area contributed by atoms with Gasteiger partial charge in [-0.1, -0.05) is 12.5 Å². The number of para-hydroxylation sites is 1. The van der Waals surface area contributed by atoms with E-state index >= 15 is 0 Å². The summed E-state index contributed by atoms with van der Waals surface area (Å²) < 4.78 is 17.1. The largest absolute Gasteiger partial charge is 0.508 e. The summed E-state index contributed by atoms with van der Waals surface area (Å²) in [6, 6.07) is 10.7. The fourth-order valence-corrected chi connectivity index (χ4v) is 4.06. The number of ether oxygens (including phenoxy) is 1. The predicted molar refractivity (Wildman–Crippen MR) is 104 cm³/mol. The van der Waals surface area contributed by atoms with Gasteiger partial charge in [0, 0.05) is 18.7 Å². The Morgan fingerprint density at radius 3 is 2.32 bits per heavy atom. The van der Waals surface area contributed by atoms with Crippen LogP contribution in [0.15, 0.2) is 42.5 Å². The molecule has 2 aliphatic rings. The van der Waals surface area contributed by atoms with Gasteiger partial charge in [0.1, 0.15) is 5.75 Å². The number of phenolic OH excluding ortho intramolecular Hbond substituents is 2. The molecule has 0 bridgehead atoms. The molecule has 2 aromatic rings. The maximum Gasteiger partial charge on any atom is 0.194 e. The van der Waals surface area contributed by atoms with Crippen LogP contribution in [0, 0.1) is 17.7 Å². The number of nitrogens with zero attached hydrogens (tertiary/aromatic N) is 1. The predicted octanol–water partition coefficient (Wildman–Crippen LogP) is 3.85. The minimum absolute atomic E-state index is 0.153. The van der Waals surface area contributed by atoms with Gasteiger partial charge in [-0.2, -0.15) is 0 Å². The Balaban J connectivity index is 0.000000192. The molecule has 1 saturated heterocycles. The third kappa shape index (κ3) is 4.81. The fourth-order valence-electron chi connectivity index (χ4n) is 4.06. The van der Waals surface area contributed by atoms with Gasteiger partial charge in [0.15, 0.2) is 23.1 Å². The van der Waals surface area contributed by atoms with Crippen molar-refractivity contribution in [1.82, 2.24) is 4.90 Å². The number of ketones is 1. The molecule has 1 heterocycles. The number of halogens is 1. The number of rotatable bonds is 4. The van der Waals surface area contributed by atoms with E-state index < -0.39 is 11.6 Å². The normalized spacial score (nSPS) is 20.9. The van der Waals surface area contributed by atoms with E-state index in [1.807, 2.05) is 0 Å². The number of aromatic hydroxyl groups is 2. The summed E-state index contributed by atoms with van der Waals surface area (Å²) in [5.74, 6) is 1.08. The second-order valence-electron chi connectivity index (χ2n) is 7.41. The van der Waals surface area contributed by atoms with E-state index in [0.717, 1.165) is 31.0 Å². The summed E-state index contributed by atoms with van der Waals surface area (Å²) in [4.78, 5) is 14.4. The molecule has 2 N–H and O–H groups in total. The highest BCUT2D eigenvalue weighted by molar-refractivity contribution is 5.97. The molecule has 1 saturated carbocycles. The average molecular weight is 387 g/mol. The molecule has 0 aromatic heterocycles. The van der Waals surface area contributed by atoms with Crippen molar-refractivity contribution in [2.45, 2.75) is 19.3 Å². The summed E-state index contributed by atoms with van der Waals surface area (Å²) in [5.41, 5.74) is 0.699. The quantitative estimate of drug-likeness (QED) is 0.780. The van der Waals surface area contributed by atoms with Gasteiger partial charge >= 0.3 is 0 Å². The van der Waals surface area contributed by atoms with Gasteiger partial charge in [0.05, 0.1) is 13.7 Å². The summed E-state index contributed by atoms with van der Waals surface area (Å²) in [6.07, 6.45) is 4.05. The molecule has 1 aliphatic heterocycles. The maximum atomic E-state index is 12.4. The maximum absolute atomic E-state index is 12.4. The first-order valence-corrected chi connectivity index (χ1v) is 9.54. The van der Waals surface area contributed by atoms with Crippen LogP contribution in [0.4, 0.5) is 4.39 Å². The summed E-state index contributed by atoms with van der Waals surface area (Å²) >= 11 is 0. The number of Topliss-reactive ketones (excluding diaryl/α,β-unsaturated/α-hetero) is 1. The van der Waals surface area contributed by atoms with Gasteiger partial charge in [-0.25, -0.2) is 4.39 Å². The Morgan fingerprint density at radius 1 is 1.11 bits per heavy atom. The molecule has 4 rings (SSSR count). The average Bonchev–Trinajstić information content (AvgIpc) is 3.26. The van der Waals surface area contributed by atoms with E-state index in [1.165, 1.54) is 38.5 Å². The number of likely N-dealkylation sites (tertiary alicyclic amines) is 1. The minimum Gasteiger partial charge on any atom is -0.508 e. The third-order valence-corrected chi connectivity index (χ3v) is 5.53. The van der Waals surface area contributed by atoms with E-state index in [-0.39, 0.29) is 17.3 Å². The zero-order valence-electron chi connectivity index (χ0n) is 16.0. The highest BCUT2D eigenvalue weighted by Crippen LogP contribution is 2.37. The number of methoxy groups -OCH3 is 1. The first-order chi connectivity index (χ1) is 13.5. The highest BCUT2D eigenvalue weighted by Gasteiger charge is 2.36. The molecule has 2 fully saturated rings. The van der Waals surface area contributed by atoms with Crippen molar-refractivity contribution in [1.29, 1.82) is 0 Å². The molecule has 0 radical (unpaired) electrons. The van der Waals surface area contributed by atoms with Crippen molar-refractivity contribution < 1.29 is 24.1 Å². The van der Waals surface area contributed by atoms with Crippen molar-refractivity contribution in [2.75, 3.05) is 26.7 Å². The van der Waals surface area contributed by atoms with Crippen molar-refractivity contribution >= 4 is 5.78 Å². The number of fused-ring (bicyclic) bond motifs is 1. The Bertz CT molecular complexity index is 797. The Kier molecular flexibility index (Phi) is 6.52. The molecule has 2 atom stereocenters. The van der Waals surface area contributed by atoms with E-state index in [9.17, 15) is 14.3 Å². The van der Waals surface area contributed by atoms with Gasteiger partial charge in [0.25, 0.3) is 0 Å². The van der Waals surface area contributed by atoms with Crippen LogP contribution in [-0.2, 0) is 0 Å². The molecule has 28 heavy (non-hydrogen) atoms. The van der Waals surface area contributed by atoms with Crippen molar-refractivity contribution in [2.24, 2.45) is 11.8 Å². The molecule has 150 valence electrons. The van der Waals surface area contributed by atoms with Crippen molar-refractivity contribution in [3.8, 4) is 17.2 Å². The van der Waals surface area contributed by atoms with Gasteiger partial charge in [-0.05, 0) is 61.1 Å². The molecular weight excluding hydrogens is 361 g/mol. The van der Waals surface area contributed by atoms with Gasteiger partial charge in [0.2, 0.25) is 0 Å². The second kappa shape index (κ2) is 9.06. The van der Waals surface area contributed by atoms with Crippen LogP contribution in [0.1, 0.15) is 29.6 Å². The number of carbonyl (C=O) groups excluding carboxylic acids is 1. The first kappa shape index (κ1) is 20.1. The number of hydrogen-bond donors (Lipinski definition) is 2. The molecule has 5 nitrogen and oxygen atoms in total. The molecule has 0 amide bonds. The highest BCUT2D eigenvalue weighted by atomic mass is 19.1. The van der Waals surface area contributed by atoms with E-state index in [4.69, 9.17) is 5.11 Å². The number of carbonyl (C=O) groups is 1. The lowest BCUT2D eigenvalue weighted by atomic mass is 10.0. The van der Waals surface area contributed by atoms with Crippen molar-refractivity contribution in [3.05, 3.63) is 53.8 Å². The minimum atomic E-state index is -0.667. The molecule has 0 unspecified atom stereocenters. The van der Waals surface area contributed by atoms with E-state index in [0.29, 0.717) is 12.1 Å². The lowest BCUT2D eigenvalue weighted by molar-refractivity contribution is 0.0941. The van der Waals surface area contributed by atoms with Crippen LogP contribution >= 0.6 is 0 Å². The monoisotopic (exact) mass is 387 g/mol. The lowest BCUT2D eigenvalue weighted by Gasteiger charge is -2.15. The van der Waals surface area contributed by atoms with Gasteiger partial charge in [-0.3, -0.25) is 9.69 Å². The SMILES string of the molecule is COc1cccc(F)c1O.O=C(CN1C[C@H]2CCC[C@H]2C1)c1ccc(O)cc1. The second-order valence-corrected chi connectivity index (χ2v) is 7.41. The molecule has 6 heteroatoms. The van der Waals surface area contributed by atoms with Gasteiger partial charge in [-0.15, -0.1) is 0 Å². The number of benzene rings is 2. The van der Waals surface area contributed by atoms with Crippen LogP contribution in [0.5, 0.6) is 17.2 Å². The zero-order chi connectivity index (χ0) is 20.1. The number of phenols is 2. The Labute approximate surface area is 164 Å². The fraction of sp³-hybridized carbons (Fsp3) is 0.409. The standard InChI is InChI=1S/C15H19NO2.C7H7FO2/c17-14-6-4-11(5-7-14)15(18)10-16-8-12-2-1-3-13(12)9-16;1-10-6-4-2-3-5(8)7(6)9/h4-7,12-13,17H,1-3,8-10H2;2-4,9H,1H3/t12-,13+;. The smallest absolute Gasteiger partial charge is 0.194 e. The Hall–Kier alpha value is -2.60. The number of hydrogen-bond acceptors (Lipinski definition) is 5. The Morgan fingerprint density at radius 2 is 1.75 bits per heavy atom. The molecule has 1 aliphatic carbocycles. The van der Waals surface area contributed by atoms with Crippen LogP contribution in [0.25, 0.3) is 0 Å². The van der Waals surface area contributed by atoms with Crippen LogP contribution in [0.3, 0.4) is 0 Å². The van der Waals surface area contributed by atoms with Crippen LogP contribution in [0.2, 0.25) is 0 Å². The zero-order valence-corrected chi connectivity index (χ0v) is 16.0. The summed E-state index contributed by atoms with van der Waals surface area (Å²) in [5, 5.41) is 18.1. The van der Waals surface area contributed by atoms with Crippen LogP contribution in [-0.4, -0.2) is 47.6 Å². The van der Waals surface area contributed by atoms with E-state index in [2.05, 4.69) is 9.64 Å². The van der Waals surface area contributed by atoms with Crippen LogP contribution < -0.4 is 4.74 Å². The van der Waals surface area contributed by atoms with E-state index in [1.54, 1.807) is 24.3 Å².